The molecular weight excluding hydrogens is 286 g/mol. The first kappa shape index (κ1) is 16.5. The Balaban J connectivity index is 1.57. The van der Waals surface area contributed by atoms with Gasteiger partial charge in [-0.2, -0.15) is 0 Å². The number of rotatable bonds is 5. The van der Waals surface area contributed by atoms with Crippen LogP contribution in [0.4, 0.5) is 0 Å². The molecule has 1 aromatic rings. The van der Waals surface area contributed by atoms with E-state index in [-0.39, 0.29) is 11.8 Å². The summed E-state index contributed by atoms with van der Waals surface area (Å²) in [6, 6.07) is 0.607. The summed E-state index contributed by atoms with van der Waals surface area (Å²) in [5, 5.41) is 3.10. The van der Waals surface area contributed by atoms with Gasteiger partial charge >= 0.3 is 0 Å². The first-order chi connectivity index (χ1) is 11.3. The third-order valence-corrected chi connectivity index (χ3v) is 5.62. The van der Waals surface area contributed by atoms with E-state index in [9.17, 15) is 4.79 Å². The van der Waals surface area contributed by atoms with Crippen LogP contribution in [0.1, 0.15) is 81.8 Å². The van der Waals surface area contributed by atoms with Crippen LogP contribution in [0.5, 0.6) is 0 Å². The van der Waals surface area contributed by atoms with Gasteiger partial charge in [-0.25, -0.2) is 4.98 Å². The van der Waals surface area contributed by atoms with E-state index in [0.717, 1.165) is 31.6 Å². The van der Waals surface area contributed by atoms with Gasteiger partial charge in [0.1, 0.15) is 5.82 Å². The highest BCUT2D eigenvalue weighted by molar-refractivity contribution is 5.79. The molecule has 2 aliphatic rings. The third kappa shape index (κ3) is 4.15. The minimum Gasteiger partial charge on any atom is -0.355 e. The summed E-state index contributed by atoms with van der Waals surface area (Å²) in [5.41, 5.74) is 1.27. The predicted molar refractivity (Wildman–Crippen MR) is 92.4 cm³/mol. The fraction of sp³-hybridized carbons (Fsp3) is 0.789. The van der Waals surface area contributed by atoms with Crippen LogP contribution in [-0.4, -0.2) is 22.0 Å². The van der Waals surface area contributed by atoms with Gasteiger partial charge < -0.3 is 9.88 Å². The lowest BCUT2D eigenvalue weighted by Crippen LogP contribution is -2.35. The van der Waals surface area contributed by atoms with Crippen LogP contribution in [0.3, 0.4) is 0 Å². The summed E-state index contributed by atoms with van der Waals surface area (Å²) in [5.74, 6) is 1.68. The Labute approximate surface area is 140 Å². The summed E-state index contributed by atoms with van der Waals surface area (Å²) < 4.78 is 2.46. The Morgan fingerprint density at radius 2 is 1.83 bits per heavy atom. The van der Waals surface area contributed by atoms with E-state index in [0.29, 0.717) is 6.04 Å². The second-order valence-electron chi connectivity index (χ2n) is 7.35. The van der Waals surface area contributed by atoms with Gasteiger partial charge in [0.15, 0.2) is 0 Å². The SMILES string of the molecule is Cc1cnc(CCNC(=O)C2CCC2)n1C1CCCCCCC1. The van der Waals surface area contributed by atoms with Crippen LogP contribution in [0, 0.1) is 12.8 Å². The van der Waals surface area contributed by atoms with Gasteiger partial charge in [0.25, 0.3) is 0 Å². The first-order valence-electron chi connectivity index (χ1n) is 9.56. The van der Waals surface area contributed by atoms with Crippen LogP contribution < -0.4 is 5.32 Å². The van der Waals surface area contributed by atoms with Crippen molar-refractivity contribution in [3.8, 4) is 0 Å². The molecule has 0 atom stereocenters. The smallest absolute Gasteiger partial charge is 0.223 e. The number of carbonyl (C=O) groups excluding carboxylic acids is 1. The minimum absolute atomic E-state index is 0.247. The molecule has 0 bridgehead atoms. The van der Waals surface area contributed by atoms with Crippen LogP contribution >= 0.6 is 0 Å². The number of carbonyl (C=O) groups is 1. The standard InChI is InChI=1S/C19H31N3O/c1-15-14-21-18(12-13-20-19(23)16-8-7-9-16)22(15)17-10-5-3-2-4-6-11-17/h14,16-17H,2-13H2,1H3,(H,20,23). The number of hydrogen-bond donors (Lipinski definition) is 1. The van der Waals surface area contributed by atoms with E-state index < -0.39 is 0 Å². The Bertz CT molecular complexity index is 511. The molecule has 0 aliphatic heterocycles. The molecule has 3 rings (SSSR count). The van der Waals surface area contributed by atoms with E-state index in [1.165, 1.54) is 57.1 Å². The zero-order chi connectivity index (χ0) is 16.1. The topological polar surface area (TPSA) is 46.9 Å². The van der Waals surface area contributed by atoms with Crippen molar-refractivity contribution < 1.29 is 4.79 Å². The summed E-state index contributed by atoms with van der Waals surface area (Å²) in [6.45, 7) is 2.89. The Kier molecular flexibility index (Phi) is 5.74. The number of amides is 1. The molecule has 0 saturated heterocycles. The summed E-state index contributed by atoms with van der Waals surface area (Å²) in [4.78, 5) is 16.6. The first-order valence-corrected chi connectivity index (χ1v) is 9.56. The van der Waals surface area contributed by atoms with Crippen molar-refractivity contribution in [3.05, 3.63) is 17.7 Å². The molecule has 0 aromatic carbocycles. The maximum atomic E-state index is 12.0. The lowest BCUT2D eigenvalue weighted by molar-refractivity contribution is -0.127. The molecule has 1 aromatic heterocycles. The molecule has 0 radical (unpaired) electrons. The van der Waals surface area contributed by atoms with Crippen molar-refractivity contribution in [1.29, 1.82) is 0 Å². The molecular formula is C19H31N3O. The van der Waals surface area contributed by atoms with Gasteiger partial charge in [0.05, 0.1) is 0 Å². The molecule has 2 saturated carbocycles. The van der Waals surface area contributed by atoms with Crippen molar-refractivity contribution in [1.82, 2.24) is 14.9 Å². The van der Waals surface area contributed by atoms with E-state index >= 15 is 0 Å². The van der Waals surface area contributed by atoms with Crippen molar-refractivity contribution in [2.24, 2.45) is 5.92 Å². The Morgan fingerprint density at radius 1 is 1.13 bits per heavy atom. The van der Waals surface area contributed by atoms with E-state index in [4.69, 9.17) is 0 Å². The quantitative estimate of drug-likeness (QED) is 0.894. The van der Waals surface area contributed by atoms with Crippen LogP contribution in [0.2, 0.25) is 0 Å². The van der Waals surface area contributed by atoms with Crippen LogP contribution in [-0.2, 0) is 11.2 Å². The lowest BCUT2D eigenvalue weighted by atomic mass is 9.85. The van der Waals surface area contributed by atoms with E-state index in [1.54, 1.807) is 0 Å². The normalized spacial score (nSPS) is 20.6. The van der Waals surface area contributed by atoms with E-state index in [2.05, 4.69) is 21.8 Å². The van der Waals surface area contributed by atoms with Crippen molar-refractivity contribution >= 4 is 5.91 Å². The zero-order valence-corrected chi connectivity index (χ0v) is 14.5. The highest BCUT2D eigenvalue weighted by Crippen LogP contribution is 2.29. The summed E-state index contributed by atoms with van der Waals surface area (Å²) in [6.07, 6.45) is 15.6. The summed E-state index contributed by atoms with van der Waals surface area (Å²) >= 11 is 0. The zero-order valence-electron chi connectivity index (χ0n) is 14.5. The molecule has 2 aliphatic carbocycles. The largest absolute Gasteiger partial charge is 0.355 e. The maximum absolute atomic E-state index is 12.0. The molecule has 2 fully saturated rings. The van der Waals surface area contributed by atoms with Gasteiger partial charge in [0.2, 0.25) is 5.91 Å². The van der Waals surface area contributed by atoms with Crippen LogP contribution in [0.15, 0.2) is 6.20 Å². The highest BCUT2D eigenvalue weighted by atomic mass is 16.1. The number of nitrogens with zero attached hydrogens (tertiary/aromatic N) is 2. The van der Waals surface area contributed by atoms with Gasteiger partial charge in [-0.1, -0.05) is 38.5 Å². The van der Waals surface area contributed by atoms with Crippen molar-refractivity contribution in [2.45, 2.75) is 83.6 Å². The number of aromatic nitrogens is 2. The predicted octanol–water partition coefficient (Wildman–Crippen LogP) is 3.94. The summed E-state index contributed by atoms with van der Waals surface area (Å²) in [7, 11) is 0. The lowest BCUT2D eigenvalue weighted by Gasteiger charge is -2.25. The van der Waals surface area contributed by atoms with Gasteiger partial charge in [-0.3, -0.25) is 4.79 Å². The molecule has 4 nitrogen and oxygen atoms in total. The second-order valence-corrected chi connectivity index (χ2v) is 7.35. The Morgan fingerprint density at radius 3 is 2.48 bits per heavy atom. The molecule has 1 amide bonds. The molecule has 0 unspecified atom stereocenters. The fourth-order valence-electron chi connectivity index (χ4n) is 3.98. The molecule has 4 heteroatoms. The monoisotopic (exact) mass is 317 g/mol. The number of aryl methyl sites for hydroxylation is 1. The number of nitrogens with one attached hydrogen (secondary N) is 1. The maximum Gasteiger partial charge on any atom is 0.223 e. The molecule has 0 spiro atoms. The molecule has 128 valence electrons. The average Bonchev–Trinajstić information content (AvgIpc) is 2.78. The third-order valence-electron chi connectivity index (χ3n) is 5.62. The fourth-order valence-corrected chi connectivity index (χ4v) is 3.98. The Hall–Kier alpha value is -1.32. The van der Waals surface area contributed by atoms with Crippen molar-refractivity contribution in [2.75, 3.05) is 6.54 Å². The molecule has 23 heavy (non-hydrogen) atoms. The van der Waals surface area contributed by atoms with Crippen LogP contribution in [0.25, 0.3) is 0 Å². The molecule has 1 N–H and O–H groups in total. The van der Waals surface area contributed by atoms with Gasteiger partial charge in [0, 0.05) is 36.8 Å². The average molecular weight is 317 g/mol. The number of hydrogen-bond acceptors (Lipinski definition) is 2. The second kappa shape index (κ2) is 7.98. The highest BCUT2D eigenvalue weighted by Gasteiger charge is 2.25. The minimum atomic E-state index is 0.247. The van der Waals surface area contributed by atoms with Gasteiger partial charge in [-0.05, 0) is 32.6 Å². The van der Waals surface area contributed by atoms with Gasteiger partial charge in [-0.15, -0.1) is 0 Å². The molecule has 1 heterocycles. The van der Waals surface area contributed by atoms with Crippen molar-refractivity contribution in [3.63, 3.8) is 0 Å². The van der Waals surface area contributed by atoms with E-state index in [1.807, 2.05) is 6.20 Å². The number of imidazole rings is 1.